The van der Waals surface area contributed by atoms with Crippen LogP contribution in [0.2, 0.25) is 0 Å². The van der Waals surface area contributed by atoms with Crippen LogP contribution in [0.3, 0.4) is 0 Å². The van der Waals surface area contributed by atoms with Crippen molar-refractivity contribution in [2.24, 2.45) is 0 Å². The minimum Gasteiger partial charge on any atom is -0.494 e. The first kappa shape index (κ1) is 18.2. The Morgan fingerprint density at radius 2 is 1.46 bits per heavy atom. The molecule has 1 aromatic heterocycles. The van der Waals surface area contributed by atoms with Crippen molar-refractivity contribution in [1.29, 1.82) is 0 Å². The molecule has 0 aliphatic heterocycles. The van der Waals surface area contributed by atoms with Crippen LogP contribution in [0.5, 0.6) is 5.75 Å². The molecule has 0 bridgehead atoms. The lowest BCUT2D eigenvalue weighted by molar-refractivity contribution is 0.340. The summed E-state index contributed by atoms with van der Waals surface area (Å²) in [7, 11) is 0. The van der Waals surface area contributed by atoms with Crippen LogP contribution in [0, 0.1) is 4.77 Å². The highest BCUT2D eigenvalue weighted by atomic mass is 32.1. The largest absolute Gasteiger partial charge is 0.494 e. The van der Waals surface area contributed by atoms with E-state index in [2.05, 4.69) is 34.5 Å². The first-order valence-corrected chi connectivity index (χ1v) is 9.69. The smallest absolute Gasteiger partial charge is 0.199 e. The van der Waals surface area contributed by atoms with E-state index in [0.29, 0.717) is 11.4 Å². The van der Waals surface area contributed by atoms with E-state index in [0.717, 1.165) is 28.4 Å². The molecule has 4 rings (SSSR count). The Morgan fingerprint density at radius 1 is 0.893 bits per heavy atom. The number of rotatable bonds is 6. The van der Waals surface area contributed by atoms with Gasteiger partial charge in [0.05, 0.1) is 12.5 Å². The number of ether oxygens (including phenoxy) is 1. The van der Waals surface area contributed by atoms with Gasteiger partial charge in [0.25, 0.3) is 0 Å². The molecule has 0 atom stereocenters. The Hall–Kier alpha value is -3.18. The Kier molecular flexibility index (Phi) is 5.35. The lowest BCUT2D eigenvalue weighted by Gasteiger charge is -2.19. The number of hydrogen-bond acceptors (Lipinski definition) is 3. The molecule has 0 fully saturated rings. The summed E-state index contributed by atoms with van der Waals surface area (Å²) in [5.41, 5.74) is 3.28. The number of aromatic amines is 1. The van der Waals surface area contributed by atoms with E-state index < -0.39 is 0 Å². The minimum absolute atomic E-state index is 0.0399. The predicted molar refractivity (Wildman–Crippen MR) is 114 cm³/mol. The Bertz CT molecular complexity index is 1050. The molecule has 0 saturated heterocycles. The van der Waals surface area contributed by atoms with Gasteiger partial charge < -0.3 is 4.74 Å². The fourth-order valence-corrected chi connectivity index (χ4v) is 3.64. The van der Waals surface area contributed by atoms with Crippen LogP contribution < -0.4 is 4.74 Å². The second-order valence-corrected chi connectivity index (χ2v) is 6.79. The van der Waals surface area contributed by atoms with E-state index in [9.17, 15) is 0 Å². The topological polar surface area (TPSA) is 42.8 Å². The summed E-state index contributed by atoms with van der Waals surface area (Å²) >= 11 is 5.57. The summed E-state index contributed by atoms with van der Waals surface area (Å²) < 4.78 is 8.13. The van der Waals surface area contributed by atoms with E-state index in [1.165, 1.54) is 0 Å². The SMILES string of the molecule is CCOc1ccc(-n2c(C(c3ccccc3)c3ccccc3)n[nH]c2=S)cc1. The molecule has 0 radical (unpaired) electrons. The standard InChI is InChI=1S/C23H21N3OS/c1-2-27-20-15-13-19(14-16-20)26-22(24-25-23(26)28)21(17-9-5-3-6-10-17)18-11-7-4-8-12-18/h3-16,21H,2H2,1H3,(H,25,28). The molecule has 0 aliphatic carbocycles. The molecule has 4 nitrogen and oxygen atoms in total. The molecule has 4 aromatic rings. The lowest BCUT2D eigenvalue weighted by atomic mass is 9.90. The molecule has 5 heteroatoms. The monoisotopic (exact) mass is 387 g/mol. The fourth-order valence-electron chi connectivity index (χ4n) is 3.39. The molecule has 140 valence electrons. The van der Waals surface area contributed by atoms with E-state index in [1.807, 2.05) is 72.2 Å². The van der Waals surface area contributed by atoms with Gasteiger partial charge in [0.1, 0.15) is 11.6 Å². The molecule has 3 aromatic carbocycles. The molecular formula is C23H21N3OS. The minimum atomic E-state index is -0.0399. The average molecular weight is 388 g/mol. The van der Waals surface area contributed by atoms with Gasteiger partial charge in [0, 0.05) is 5.69 Å². The second kappa shape index (κ2) is 8.23. The number of nitrogens with one attached hydrogen (secondary N) is 1. The van der Waals surface area contributed by atoms with Crippen LogP contribution in [-0.2, 0) is 0 Å². The number of nitrogens with zero attached hydrogens (tertiary/aromatic N) is 2. The number of H-pyrrole nitrogens is 1. The van der Waals surface area contributed by atoms with Crippen molar-refractivity contribution in [2.75, 3.05) is 6.61 Å². The summed E-state index contributed by atoms with van der Waals surface area (Å²) in [4.78, 5) is 0. The zero-order valence-electron chi connectivity index (χ0n) is 15.6. The lowest BCUT2D eigenvalue weighted by Crippen LogP contribution is -2.11. The predicted octanol–water partition coefficient (Wildman–Crippen LogP) is 5.51. The molecule has 0 amide bonds. The maximum Gasteiger partial charge on any atom is 0.199 e. The van der Waals surface area contributed by atoms with Gasteiger partial charge in [-0.1, -0.05) is 60.7 Å². The summed E-state index contributed by atoms with van der Waals surface area (Å²) in [6.07, 6.45) is 0. The highest BCUT2D eigenvalue weighted by molar-refractivity contribution is 7.71. The van der Waals surface area contributed by atoms with E-state index in [-0.39, 0.29) is 5.92 Å². The van der Waals surface area contributed by atoms with Crippen LogP contribution in [-0.4, -0.2) is 21.4 Å². The zero-order chi connectivity index (χ0) is 19.3. The van der Waals surface area contributed by atoms with Gasteiger partial charge in [-0.25, -0.2) is 0 Å². The Balaban J connectivity index is 1.86. The van der Waals surface area contributed by atoms with Crippen molar-refractivity contribution in [2.45, 2.75) is 12.8 Å². The maximum absolute atomic E-state index is 5.57. The first-order valence-electron chi connectivity index (χ1n) is 9.28. The number of benzene rings is 3. The van der Waals surface area contributed by atoms with Crippen molar-refractivity contribution in [3.63, 3.8) is 0 Å². The van der Waals surface area contributed by atoms with Gasteiger partial charge in [-0.15, -0.1) is 0 Å². The molecule has 28 heavy (non-hydrogen) atoms. The third-order valence-corrected chi connectivity index (χ3v) is 4.90. The average Bonchev–Trinajstić information content (AvgIpc) is 3.12. The molecule has 0 saturated carbocycles. The molecule has 1 heterocycles. The van der Waals surface area contributed by atoms with E-state index >= 15 is 0 Å². The highest BCUT2D eigenvalue weighted by Gasteiger charge is 2.23. The van der Waals surface area contributed by atoms with Crippen LogP contribution in [0.4, 0.5) is 0 Å². The van der Waals surface area contributed by atoms with Gasteiger partial charge in [-0.05, 0) is 54.5 Å². The van der Waals surface area contributed by atoms with Gasteiger partial charge in [-0.2, -0.15) is 5.10 Å². The van der Waals surface area contributed by atoms with Crippen molar-refractivity contribution in [3.8, 4) is 11.4 Å². The van der Waals surface area contributed by atoms with Crippen molar-refractivity contribution in [1.82, 2.24) is 14.8 Å². The number of aromatic nitrogens is 3. The first-order chi connectivity index (χ1) is 13.8. The molecule has 0 unspecified atom stereocenters. The van der Waals surface area contributed by atoms with Gasteiger partial charge in [-0.3, -0.25) is 9.67 Å². The Morgan fingerprint density at radius 3 is 2.00 bits per heavy atom. The van der Waals surface area contributed by atoms with Crippen LogP contribution >= 0.6 is 12.2 Å². The molecular weight excluding hydrogens is 366 g/mol. The van der Waals surface area contributed by atoms with Crippen molar-refractivity contribution >= 4 is 12.2 Å². The Labute approximate surface area is 169 Å². The molecule has 0 spiro atoms. The summed E-state index contributed by atoms with van der Waals surface area (Å²) in [5, 5.41) is 7.60. The maximum atomic E-state index is 5.57. The quantitative estimate of drug-likeness (QED) is 0.444. The summed E-state index contributed by atoms with van der Waals surface area (Å²) in [6, 6.07) is 28.7. The van der Waals surface area contributed by atoms with E-state index in [4.69, 9.17) is 17.0 Å². The third kappa shape index (κ3) is 3.62. The highest BCUT2D eigenvalue weighted by Crippen LogP contribution is 2.32. The second-order valence-electron chi connectivity index (χ2n) is 6.40. The van der Waals surface area contributed by atoms with Gasteiger partial charge in [0.2, 0.25) is 0 Å². The normalized spacial score (nSPS) is 10.9. The molecule has 1 N–H and O–H groups in total. The third-order valence-electron chi connectivity index (χ3n) is 4.63. The van der Waals surface area contributed by atoms with Crippen LogP contribution in [0.15, 0.2) is 84.9 Å². The summed E-state index contributed by atoms with van der Waals surface area (Å²) in [6.45, 7) is 2.61. The summed E-state index contributed by atoms with van der Waals surface area (Å²) in [5.74, 6) is 1.65. The van der Waals surface area contributed by atoms with Crippen molar-refractivity contribution in [3.05, 3.63) is 107 Å². The number of hydrogen-bond donors (Lipinski definition) is 1. The zero-order valence-corrected chi connectivity index (χ0v) is 16.4. The van der Waals surface area contributed by atoms with Crippen LogP contribution in [0.1, 0.15) is 29.8 Å². The van der Waals surface area contributed by atoms with E-state index in [1.54, 1.807) is 0 Å². The van der Waals surface area contributed by atoms with Crippen molar-refractivity contribution < 1.29 is 4.74 Å². The van der Waals surface area contributed by atoms with Gasteiger partial charge in [0.15, 0.2) is 4.77 Å². The van der Waals surface area contributed by atoms with Gasteiger partial charge >= 0.3 is 0 Å². The van der Waals surface area contributed by atoms with Crippen LogP contribution in [0.25, 0.3) is 5.69 Å². The molecule has 0 aliphatic rings. The fraction of sp³-hybridized carbons (Fsp3) is 0.130.